The molecule has 0 aliphatic heterocycles. The van der Waals surface area contributed by atoms with Gasteiger partial charge in [0.05, 0.1) is 0 Å². The zero-order chi connectivity index (χ0) is 10.5. The van der Waals surface area contributed by atoms with Crippen molar-refractivity contribution in [1.82, 2.24) is 5.32 Å². The standard InChI is InChI=1S/C14H25N/c1-2-15-14(13-9-6-10-13)11-12-7-4-3-5-8-12/h7,13-15H,2-6,8-11H2,1H3. The molecule has 1 atom stereocenters. The van der Waals surface area contributed by atoms with Crippen molar-refractivity contribution in [3.8, 4) is 0 Å². The first-order valence-electron chi connectivity index (χ1n) is 6.81. The summed E-state index contributed by atoms with van der Waals surface area (Å²) < 4.78 is 0. The molecule has 2 aliphatic rings. The van der Waals surface area contributed by atoms with Gasteiger partial charge in [-0.3, -0.25) is 0 Å². The van der Waals surface area contributed by atoms with Crippen molar-refractivity contribution >= 4 is 0 Å². The highest BCUT2D eigenvalue weighted by atomic mass is 14.9. The van der Waals surface area contributed by atoms with E-state index >= 15 is 0 Å². The van der Waals surface area contributed by atoms with Gasteiger partial charge < -0.3 is 5.32 Å². The van der Waals surface area contributed by atoms with Crippen LogP contribution in [-0.2, 0) is 0 Å². The van der Waals surface area contributed by atoms with Crippen molar-refractivity contribution in [3.63, 3.8) is 0 Å². The summed E-state index contributed by atoms with van der Waals surface area (Å²) in [6, 6.07) is 0.785. The third-order valence-electron chi connectivity index (χ3n) is 4.05. The fourth-order valence-electron chi connectivity index (χ4n) is 2.88. The van der Waals surface area contributed by atoms with E-state index in [0.717, 1.165) is 18.5 Å². The van der Waals surface area contributed by atoms with Crippen molar-refractivity contribution in [2.45, 2.75) is 64.3 Å². The maximum absolute atomic E-state index is 3.69. The predicted octanol–water partition coefficient (Wildman–Crippen LogP) is 3.66. The summed E-state index contributed by atoms with van der Waals surface area (Å²) >= 11 is 0. The molecule has 0 amide bonds. The van der Waals surface area contributed by atoms with Gasteiger partial charge in [-0.1, -0.05) is 25.0 Å². The minimum absolute atomic E-state index is 0.785. The van der Waals surface area contributed by atoms with Crippen LogP contribution < -0.4 is 5.32 Å². The highest BCUT2D eigenvalue weighted by molar-refractivity contribution is 5.08. The van der Waals surface area contributed by atoms with Crippen molar-refractivity contribution in [2.24, 2.45) is 5.92 Å². The molecule has 1 nitrogen and oxygen atoms in total. The average Bonchev–Trinajstić information content (AvgIpc) is 2.17. The summed E-state index contributed by atoms with van der Waals surface area (Å²) in [5, 5.41) is 3.69. The Balaban J connectivity index is 1.84. The Labute approximate surface area is 94.3 Å². The molecule has 1 heteroatoms. The summed E-state index contributed by atoms with van der Waals surface area (Å²) in [4.78, 5) is 0. The van der Waals surface area contributed by atoms with Gasteiger partial charge in [0, 0.05) is 6.04 Å². The second-order valence-corrected chi connectivity index (χ2v) is 5.17. The molecule has 0 aromatic rings. The molecule has 1 N–H and O–H groups in total. The second-order valence-electron chi connectivity index (χ2n) is 5.17. The number of allylic oxidation sites excluding steroid dienone is 1. The van der Waals surface area contributed by atoms with Crippen molar-refractivity contribution in [3.05, 3.63) is 11.6 Å². The van der Waals surface area contributed by atoms with Crippen LogP contribution in [0.5, 0.6) is 0 Å². The molecule has 2 aliphatic carbocycles. The van der Waals surface area contributed by atoms with E-state index in [1.165, 1.54) is 51.4 Å². The fraction of sp³-hybridized carbons (Fsp3) is 0.857. The van der Waals surface area contributed by atoms with Crippen LogP contribution >= 0.6 is 0 Å². The van der Waals surface area contributed by atoms with Gasteiger partial charge in [-0.25, -0.2) is 0 Å². The molecule has 0 radical (unpaired) electrons. The monoisotopic (exact) mass is 207 g/mol. The molecular formula is C14H25N. The molecule has 0 aromatic carbocycles. The Morgan fingerprint density at radius 3 is 2.73 bits per heavy atom. The van der Waals surface area contributed by atoms with Gasteiger partial charge >= 0.3 is 0 Å². The van der Waals surface area contributed by atoms with Crippen molar-refractivity contribution in [2.75, 3.05) is 6.54 Å². The van der Waals surface area contributed by atoms with E-state index < -0.39 is 0 Å². The molecule has 0 heterocycles. The van der Waals surface area contributed by atoms with Gasteiger partial charge in [-0.05, 0) is 57.4 Å². The maximum atomic E-state index is 3.69. The molecular weight excluding hydrogens is 182 g/mol. The summed E-state index contributed by atoms with van der Waals surface area (Å²) in [6.07, 6.45) is 13.8. The van der Waals surface area contributed by atoms with E-state index in [2.05, 4.69) is 18.3 Å². The molecule has 1 saturated carbocycles. The summed E-state index contributed by atoms with van der Waals surface area (Å²) in [6.45, 7) is 3.37. The Bertz CT molecular complexity index is 215. The average molecular weight is 207 g/mol. The Hall–Kier alpha value is -0.300. The highest BCUT2D eigenvalue weighted by Crippen LogP contribution is 2.33. The first kappa shape index (κ1) is 11.2. The molecule has 0 saturated heterocycles. The Morgan fingerprint density at radius 2 is 2.20 bits per heavy atom. The van der Waals surface area contributed by atoms with E-state index in [4.69, 9.17) is 0 Å². The van der Waals surface area contributed by atoms with Crippen LogP contribution in [0, 0.1) is 5.92 Å². The lowest BCUT2D eigenvalue weighted by molar-refractivity contribution is 0.228. The number of nitrogens with one attached hydrogen (secondary N) is 1. The minimum Gasteiger partial charge on any atom is -0.314 e. The van der Waals surface area contributed by atoms with Crippen LogP contribution in [0.1, 0.15) is 58.3 Å². The lowest BCUT2D eigenvalue weighted by Crippen LogP contribution is -2.39. The zero-order valence-corrected chi connectivity index (χ0v) is 10.1. The highest BCUT2D eigenvalue weighted by Gasteiger charge is 2.27. The Morgan fingerprint density at radius 1 is 1.33 bits per heavy atom. The normalized spacial score (nSPS) is 24.5. The molecule has 2 rings (SSSR count). The van der Waals surface area contributed by atoms with Crippen LogP contribution in [0.3, 0.4) is 0 Å². The summed E-state index contributed by atoms with van der Waals surface area (Å²) in [5.74, 6) is 0.979. The van der Waals surface area contributed by atoms with E-state index in [1.54, 1.807) is 5.57 Å². The first-order chi connectivity index (χ1) is 7.40. The second kappa shape index (κ2) is 5.69. The zero-order valence-electron chi connectivity index (χ0n) is 10.1. The van der Waals surface area contributed by atoms with Gasteiger partial charge in [0.15, 0.2) is 0 Å². The third-order valence-corrected chi connectivity index (χ3v) is 4.05. The van der Waals surface area contributed by atoms with Gasteiger partial charge in [-0.2, -0.15) is 0 Å². The quantitative estimate of drug-likeness (QED) is 0.678. The van der Waals surface area contributed by atoms with Crippen LogP contribution in [-0.4, -0.2) is 12.6 Å². The van der Waals surface area contributed by atoms with Crippen LogP contribution in [0.25, 0.3) is 0 Å². The van der Waals surface area contributed by atoms with E-state index in [9.17, 15) is 0 Å². The van der Waals surface area contributed by atoms with Crippen LogP contribution in [0.4, 0.5) is 0 Å². The molecule has 15 heavy (non-hydrogen) atoms. The molecule has 1 unspecified atom stereocenters. The lowest BCUT2D eigenvalue weighted by Gasteiger charge is -2.35. The molecule has 0 bridgehead atoms. The molecule has 0 spiro atoms. The SMILES string of the molecule is CCNC(CC1=CCCCC1)C1CCC1. The van der Waals surface area contributed by atoms with Crippen molar-refractivity contribution in [1.29, 1.82) is 0 Å². The van der Waals surface area contributed by atoms with E-state index in [1.807, 2.05) is 0 Å². The number of rotatable bonds is 5. The van der Waals surface area contributed by atoms with Crippen LogP contribution in [0.15, 0.2) is 11.6 Å². The van der Waals surface area contributed by atoms with E-state index in [0.29, 0.717) is 0 Å². The number of hydrogen-bond donors (Lipinski definition) is 1. The smallest absolute Gasteiger partial charge is 0.0132 e. The summed E-state index contributed by atoms with van der Waals surface area (Å²) in [5.41, 5.74) is 1.74. The lowest BCUT2D eigenvalue weighted by atomic mass is 9.76. The fourth-order valence-corrected chi connectivity index (χ4v) is 2.88. The summed E-state index contributed by atoms with van der Waals surface area (Å²) in [7, 11) is 0. The number of hydrogen-bond acceptors (Lipinski definition) is 1. The largest absolute Gasteiger partial charge is 0.314 e. The minimum atomic E-state index is 0.785. The third kappa shape index (κ3) is 3.07. The van der Waals surface area contributed by atoms with Gasteiger partial charge in [0.25, 0.3) is 0 Å². The maximum Gasteiger partial charge on any atom is 0.0132 e. The predicted molar refractivity (Wildman–Crippen MR) is 66.0 cm³/mol. The molecule has 86 valence electrons. The molecule has 0 aromatic heterocycles. The van der Waals surface area contributed by atoms with Gasteiger partial charge in [0.1, 0.15) is 0 Å². The first-order valence-corrected chi connectivity index (χ1v) is 6.81. The van der Waals surface area contributed by atoms with Gasteiger partial charge in [0.2, 0.25) is 0 Å². The van der Waals surface area contributed by atoms with E-state index in [-0.39, 0.29) is 0 Å². The Kier molecular flexibility index (Phi) is 4.25. The molecule has 1 fully saturated rings. The topological polar surface area (TPSA) is 12.0 Å². The van der Waals surface area contributed by atoms with Gasteiger partial charge in [-0.15, -0.1) is 0 Å². The van der Waals surface area contributed by atoms with Crippen molar-refractivity contribution < 1.29 is 0 Å². The van der Waals surface area contributed by atoms with Crippen LogP contribution in [0.2, 0.25) is 0 Å².